The topological polar surface area (TPSA) is 81.8 Å². The Morgan fingerprint density at radius 1 is 1.20 bits per heavy atom. The maximum absolute atomic E-state index is 10.8. The van der Waals surface area contributed by atoms with Gasteiger partial charge in [0.2, 0.25) is 5.79 Å². The number of aryl methyl sites for hydroxylation is 1. The Bertz CT molecular complexity index is 702. The van der Waals surface area contributed by atoms with Crippen molar-refractivity contribution in [2.24, 2.45) is 0 Å². The maximum Gasteiger partial charge on any atom is 0.358 e. The number of carbonyl (C=O) groups is 1. The fraction of sp³-hybridized carbons (Fsp3) is 0.286. The summed E-state index contributed by atoms with van der Waals surface area (Å²) < 4.78 is 16.4. The van der Waals surface area contributed by atoms with E-state index in [-0.39, 0.29) is 5.69 Å². The summed E-state index contributed by atoms with van der Waals surface area (Å²) in [5, 5.41) is 12.4. The monoisotopic (exact) mass is 275 g/mol. The minimum absolute atomic E-state index is 0.127. The summed E-state index contributed by atoms with van der Waals surface area (Å²) in [6.45, 7) is 5.52. The summed E-state index contributed by atoms with van der Waals surface area (Å²) in [6, 6.07) is 4.99. The fourth-order valence-electron chi connectivity index (χ4n) is 2.14. The Balaban J connectivity index is 2.05. The number of benzene rings is 1. The number of carboxylic acids is 1. The lowest BCUT2D eigenvalue weighted by molar-refractivity contribution is -0.0431. The van der Waals surface area contributed by atoms with Crippen LogP contribution in [0.1, 0.15) is 29.9 Å². The molecule has 0 saturated carbocycles. The van der Waals surface area contributed by atoms with Crippen molar-refractivity contribution in [3.05, 3.63) is 29.5 Å². The number of hydrogen-bond donors (Lipinski definition) is 1. The lowest BCUT2D eigenvalue weighted by Gasteiger charge is -2.16. The highest BCUT2D eigenvalue weighted by Crippen LogP contribution is 2.43. The first-order valence-corrected chi connectivity index (χ1v) is 6.09. The normalized spacial score (nSPS) is 15.3. The molecule has 0 atom stereocenters. The van der Waals surface area contributed by atoms with E-state index in [1.165, 1.54) is 6.07 Å². The van der Waals surface area contributed by atoms with E-state index in [1.807, 2.05) is 26.8 Å². The summed E-state index contributed by atoms with van der Waals surface area (Å²) in [6.07, 6.45) is 0. The molecule has 2 aromatic rings. The van der Waals surface area contributed by atoms with Crippen LogP contribution in [0, 0.1) is 6.92 Å². The van der Waals surface area contributed by atoms with Crippen LogP contribution in [0.25, 0.3) is 11.3 Å². The molecule has 6 nitrogen and oxygen atoms in total. The van der Waals surface area contributed by atoms with E-state index >= 15 is 0 Å². The lowest BCUT2D eigenvalue weighted by Crippen LogP contribution is -2.29. The number of nitrogens with zero attached hydrogens (tertiary/aromatic N) is 1. The molecule has 0 spiro atoms. The molecule has 2 heterocycles. The summed E-state index contributed by atoms with van der Waals surface area (Å²) >= 11 is 0. The molecule has 1 N–H and O–H groups in total. The predicted molar refractivity (Wildman–Crippen MR) is 69.0 cm³/mol. The zero-order valence-electron chi connectivity index (χ0n) is 11.3. The second-order valence-electron chi connectivity index (χ2n) is 5.10. The number of fused-ring (bicyclic) bond motifs is 1. The first-order valence-electron chi connectivity index (χ1n) is 6.09. The van der Waals surface area contributed by atoms with Crippen molar-refractivity contribution in [1.82, 2.24) is 5.16 Å². The van der Waals surface area contributed by atoms with Gasteiger partial charge in [-0.05, 0) is 24.6 Å². The van der Waals surface area contributed by atoms with Gasteiger partial charge in [-0.15, -0.1) is 0 Å². The SMILES string of the molecule is Cc1cc2c(cc1-c1cc(C(=O)O)no1)OC(C)(C)O2. The Morgan fingerprint density at radius 2 is 1.85 bits per heavy atom. The highest BCUT2D eigenvalue weighted by atomic mass is 16.7. The number of hydrogen-bond acceptors (Lipinski definition) is 5. The third-order valence-corrected chi connectivity index (χ3v) is 3.00. The van der Waals surface area contributed by atoms with Crippen LogP contribution in [0.3, 0.4) is 0 Å². The van der Waals surface area contributed by atoms with Gasteiger partial charge in [0.05, 0.1) is 0 Å². The van der Waals surface area contributed by atoms with Crippen molar-refractivity contribution in [2.75, 3.05) is 0 Å². The molecule has 0 saturated heterocycles. The second-order valence-corrected chi connectivity index (χ2v) is 5.10. The zero-order valence-corrected chi connectivity index (χ0v) is 11.3. The van der Waals surface area contributed by atoms with Crippen LogP contribution >= 0.6 is 0 Å². The third kappa shape index (κ3) is 1.99. The van der Waals surface area contributed by atoms with Crippen LogP contribution in [0.2, 0.25) is 0 Å². The average molecular weight is 275 g/mol. The molecule has 0 radical (unpaired) electrons. The molecule has 0 aliphatic carbocycles. The number of carboxylic acid groups (broad SMARTS) is 1. The number of aromatic carboxylic acids is 1. The van der Waals surface area contributed by atoms with Gasteiger partial charge in [0, 0.05) is 25.5 Å². The fourth-order valence-corrected chi connectivity index (χ4v) is 2.14. The van der Waals surface area contributed by atoms with Crippen molar-refractivity contribution in [1.29, 1.82) is 0 Å². The Kier molecular flexibility index (Phi) is 2.50. The minimum atomic E-state index is -1.13. The molecule has 0 bridgehead atoms. The first-order chi connectivity index (χ1) is 9.35. The molecule has 1 aromatic heterocycles. The highest BCUT2D eigenvalue weighted by molar-refractivity contribution is 5.86. The molecular formula is C14H13NO5. The van der Waals surface area contributed by atoms with E-state index < -0.39 is 11.8 Å². The van der Waals surface area contributed by atoms with Gasteiger partial charge in [-0.2, -0.15) is 0 Å². The molecule has 1 aliphatic rings. The third-order valence-electron chi connectivity index (χ3n) is 3.00. The molecule has 0 amide bonds. The summed E-state index contributed by atoms with van der Waals surface area (Å²) in [5.74, 6) is -0.185. The first kappa shape index (κ1) is 12.5. The molecule has 104 valence electrons. The average Bonchev–Trinajstić information content (AvgIpc) is 2.90. The van der Waals surface area contributed by atoms with Crippen LogP contribution in [0.5, 0.6) is 11.5 Å². The van der Waals surface area contributed by atoms with Gasteiger partial charge in [-0.1, -0.05) is 5.16 Å². The summed E-state index contributed by atoms with van der Waals surface area (Å²) in [4.78, 5) is 10.8. The van der Waals surface area contributed by atoms with Crippen LogP contribution in [0.4, 0.5) is 0 Å². The standard InChI is InChI=1S/C14H13NO5/c1-7-4-11-12(19-14(2,3)18-11)5-8(7)10-6-9(13(16)17)15-20-10/h4-6H,1-3H3,(H,16,17). The quantitative estimate of drug-likeness (QED) is 0.907. The van der Waals surface area contributed by atoms with Crippen LogP contribution < -0.4 is 9.47 Å². The Hall–Kier alpha value is -2.50. The van der Waals surface area contributed by atoms with Gasteiger partial charge in [0.1, 0.15) is 0 Å². The van der Waals surface area contributed by atoms with Crippen molar-refractivity contribution in [3.63, 3.8) is 0 Å². The molecular weight excluding hydrogens is 262 g/mol. The van der Waals surface area contributed by atoms with Gasteiger partial charge in [0.25, 0.3) is 0 Å². The largest absolute Gasteiger partial charge is 0.476 e. The van der Waals surface area contributed by atoms with E-state index in [1.54, 1.807) is 6.07 Å². The number of rotatable bonds is 2. The smallest absolute Gasteiger partial charge is 0.358 e. The van der Waals surface area contributed by atoms with E-state index in [4.69, 9.17) is 19.1 Å². The Labute approximate surface area is 114 Å². The molecule has 20 heavy (non-hydrogen) atoms. The number of aromatic nitrogens is 1. The van der Waals surface area contributed by atoms with Crippen molar-refractivity contribution < 1.29 is 23.9 Å². The van der Waals surface area contributed by atoms with Crippen molar-refractivity contribution in [2.45, 2.75) is 26.6 Å². The van der Waals surface area contributed by atoms with E-state index in [2.05, 4.69) is 5.16 Å². The maximum atomic E-state index is 10.8. The summed E-state index contributed by atoms with van der Waals surface area (Å²) in [5.41, 5.74) is 1.49. The van der Waals surface area contributed by atoms with E-state index in [9.17, 15) is 4.79 Å². The Morgan fingerprint density at radius 3 is 2.45 bits per heavy atom. The van der Waals surface area contributed by atoms with E-state index in [0.29, 0.717) is 17.3 Å². The van der Waals surface area contributed by atoms with Gasteiger partial charge in [-0.3, -0.25) is 0 Å². The number of ether oxygens (including phenoxy) is 2. The minimum Gasteiger partial charge on any atom is -0.476 e. The molecule has 0 unspecified atom stereocenters. The zero-order chi connectivity index (χ0) is 14.5. The predicted octanol–water partition coefficient (Wildman–Crippen LogP) is 2.86. The van der Waals surface area contributed by atoms with Crippen LogP contribution in [-0.2, 0) is 0 Å². The molecule has 1 aliphatic heterocycles. The van der Waals surface area contributed by atoms with Crippen molar-refractivity contribution >= 4 is 5.97 Å². The molecule has 0 fully saturated rings. The van der Waals surface area contributed by atoms with Gasteiger partial charge >= 0.3 is 5.97 Å². The molecule has 6 heteroatoms. The highest BCUT2D eigenvalue weighted by Gasteiger charge is 2.32. The lowest BCUT2D eigenvalue weighted by atomic mass is 10.1. The van der Waals surface area contributed by atoms with Crippen molar-refractivity contribution in [3.8, 4) is 22.8 Å². The van der Waals surface area contributed by atoms with Crippen LogP contribution in [-0.4, -0.2) is 22.0 Å². The molecule has 1 aromatic carbocycles. The van der Waals surface area contributed by atoms with Gasteiger partial charge < -0.3 is 19.1 Å². The van der Waals surface area contributed by atoms with Gasteiger partial charge in [-0.25, -0.2) is 4.79 Å². The van der Waals surface area contributed by atoms with Gasteiger partial charge in [0.15, 0.2) is 23.0 Å². The van der Waals surface area contributed by atoms with E-state index in [0.717, 1.165) is 11.1 Å². The second kappa shape index (κ2) is 4.00. The molecule has 3 rings (SSSR count). The summed E-state index contributed by atoms with van der Waals surface area (Å²) in [7, 11) is 0. The van der Waals surface area contributed by atoms with Crippen LogP contribution in [0.15, 0.2) is 22.7 Å².